The van der Waals surface area contributed by atoms with E-state index in [0.29, 0.717) is 6.61 Å². The average Bonchev–Trinajstić information content (AvgIpc) is 2.72. The molecule has 0 saturated heterocycles. The van der Waals surface area contributed by atoms with Gasteiger partial charge in [0.1, 0.15) is 12.4 Å². The molecule has 0 aliphatic rings. The molecule has 1 N–H and O–H groups in total. The van der Waals surface area contributed by atoms with E-state index in [0.717, 1.165) is 34.6 Å². The first-order chi connectivity index (χ1) is 9.65. The molecule has 1 heterocycles. The van der Waals surface area contributed by atoms with Crippen molar-refractivity contribution in [2.75, 3.05) is 7.05 Å². The molecule has 2 rings (SSSR count). The van der Waals surface area contributed by atoms with Gasteiger partial charge in [-0.2, -0.15) is 5.10 Å². The van der Waals surface area contributed by atoms with Gasteiger partial charge >= 0.3 is 0 Å². The maximum Gasteiger partial charge on any atom is 0.131 e. The molecule has 0 spiro atoms. The molecule has 0 bridgehead atoms. The number of aryl methyl sites for hydroxylation is 2. The van der Waals surface area contributed by atoms with E-state index >= 15 is 0 Å². The number of nitrogens with one attached hydrogen (secondary N) is 1. The molecule has 5 heteroatoms. The summed E-state index contributed by atoms with van der Waals surface area (Å²) in [4.78, 5) is 0. The second-order valence-electron chi connectivity index (χ2n) is 4.65. The highest BCUT2D eigenvalue weighted by molar-refractivity contribution is 9.10. The Bertz CT molecular complexity index is 580. The van der Waals surface area contributed by atoms with Crippen molar-refractivity contribution in [3.05, 3.63) is 45.7 Å². The van der Waals surface area contributed by atoms with Crippen molar-refractivity contribution in [3.8, 4) is 5.75 Å². The quantitative estimate of drug-likeness (QED) is 0.880. The van der Waals surface area contributed by atoms with Gasteiger partial charge in [0.05, 0.1) is 15.9 Å². The van der Waals surface area contributed by atoms with E-state index in [1.165, 1.54) is 5.56 Å². The van der Waals surface area contributed by atoms with E-state index < -0.39 is 0 Å². The fourth-order valence-corrected chi connectivity index (χ4v) is 2.81. The molecular formula is C15H20BrN3O. The van der Waals surface area contributed by atoms with Crippen molar-refractivity contribution >= 4 is 15.9 Å². The Morgan fingerprint density at radius 3 is 2.85 bits per heavy atom. The Balaban J connectivity index is 2.09. The van der Waals surface area contributed by atoms with E-state index in [1.807, 2.05) is 30.9 Å². The van der Waals surface area contributed by atoms with Gasteiger partial charge in [0.25, 0.3) is 0 Å². The summed E-state index contributed by atoms with van der Waals surface area (Å²) in [6.07, 6.45) is 0.909. The van der Waals surface area contributed by atoms with E-state index in [4.69, 9.17) is 4.74 Å². The molecule has 4 nitrogen and oxygen atoms in total. The minimum absolute atomic E-state index is 0.507. The lowest BCUT2D eigenvalue weighted by atomic mass is 10.2. The molecule has 108 valence electrons. The van der Waals surface area contributed by atoms with Gasteiger partial charge in [0, 0.05) is 13.6 Å². The number of aromatic nitrogens is 2. The van der Waals surface area contributed by atoms with Crippen molar-refractivity contribution in [1.29, 1.82) is 0 Å². The zero-order valence-electron chi connectivity index (χ0n) is 12.1. The van der Waals surface area contributed by atoms with Gasteiger partial charge in [-0.1, -0.05) is 19.1 Å². The van der Waals surface area contributed by atoms with Crippen molar-refractivity contribution < 1.29 is 4.74 Å². The van der Waals surface area contributed by atoms with E-state index in [9.17, 15) is 0 Å². The minimum Gasteiger partial charge on any atom is -0.487 e. The van der Waals surface area contributed by atoms with Gasteiger partial charge in [-0.05, 0) is 47.1 Å². The van der Waals surface area contributed by atoms with Gasteiger partial charge in [0.15, 0.2) is 0 Å². The number of benzene rings is 1. The predicted octanol–water partition coefficient (Wildman–Crippen LogP) is 3.04. The average molecular weight is 338 g/mol. The van der Waals surface area contributed by atoms with Crippen molar-refractivity contribution in [1.82, 2.24) is 15.1 Å². The normalized spacial score (nSPS) is 10.8. The summed E-state index contributed by atoms with van der Waals surface area (Å²) >= 11 is 3.60. The lowest BCUT2D eigenvalue weighted by molar-refractivity contribution is 0.294. The predicted molar refractivity (Wildman–Crippen MR) is 83.8 cm³/mol. The summed E-state index contributed by atoms with van der Waals surface area (Å²) in [5.74, 6) is 0.879. The van der Waals surface area contributed by atoms with Crippen LogP contribution in [0.25, 0.3) is 0 Å². The highest BCUT2D eigenvalue weighted by atomic mass is 79.9. The molecule has 0 aliphatic carbocycles. The fraction of sp³-hybridized carbons (Fsp3) is 0.400. The summed E-state index contributed by atoms with van der Waals surface area (Å²) in [5.41, 5.74) is 3.33. The molecule has 20 heavy (non-hydrogen) atoms. The number of hydrogen-bond donors (Lipinski definition) is 1. The van der Waals surface area contributed by atoms with Crippen LogP contribution in [0.15, 0.2) is 28.7 Å². The van der Waals surface area contributed by atoms with Gasteiger partial charge in [-0.3, -0.25) is 4.68 Å². The first-order valence-electron chi connectivity index (χ1n) is 6.72. The van der Waals surface area contributed by atoms with Crippen LogP contribution in [-0.4, -0.2) is 16.8 Å². The van der Waals surface area contributed by atoms with Crippen LogP contribution >= 0.6 is 15.9 Å². The van der Waals surface area contributed by atoms with Crippen LogP contribution < -0.4 is 10.1 Å². The molecule has 2 aromatic rings. The van der Waals surface area contributed by atoms with Crippen LogP contribution in [0.2, 0.25) is 0 Å². The monoisotopic (exact) mass is 337 g/mol. The standard InChI is InChI=1S/C15H20BrN3O/c1-4-13-15(16)14(19(3)18-13)10-20-12-7-5-6-11(8-12)9-17-2/h5-8,17H,4,9-10H2,1-3H3. The molecule has 0 radical (unpaired) electrons. The second kappa shape index (κ2) is 6.90. The third-order valence-electron chi connectivity index (χ3n) is 3.16. The van der Waals surface area contributed by atoms with Crippen molar-refractivity contribution in [3.63, 3.8) is 0 Å². The Labute approximate surface area is 128 Å². The molecule has 0 amide bonds. The first kappa shape index (κ1) is 15.1. The lowest BCUT2D eigenvalue weighted by Crippen LogP contribution is -2.06. The third kappa shape index (κ3) is 3.41. The molecule has 1 aromatic carbocycles. The third-order valence-corrected chi connectivity index (χ3v) is 4.07. The molecule has 0 fully saturated rings. The zero-order chi connectivity index (χ0) is 14.5. The van der Waals surface area contributed by atoms with Crippen LogP contribution in [-0.2, 0) is 26.6 Å². The number of hydrogen-bond acceptors (Lipinski definition) is 3. The summed E-state index contributed by atoms with van der Waals surface area (Å²) in [6, 6.07) is 8.13. The van der Waals surface area contributed by atoms with Gasteiger partial charge < -0.3 is 10.1 Å². The topological polar surface area (TPSA) is 39.1 Å². The SMILES string of the molecule is CCc1nn(C)c(COc2cccc(CNC)c2)c1Br. The first-order valence-corrected chi connectivity index (χ1v) is 7.51. The molecule has 0 unspecified atom stereocenters. The molecule has 0 atom stereocenters. The lowest BCUT2D eigenvalue weighted by Gasteiger charge is -2.08. The molecule has 0 aliphatic heterocycles. The minimum atomic E-state index is 0.507. The Morgan fingerprint density at radius 1 is 1.40 bits per heavy atom. The van der Waals surface area contributed by atoms with Crippen LogP contribution in [0.3, 0.4) is 0 Å². The maximum absolute atomic E-state index is 5.88. The van der Waals surface area contributed by atoms with Gasteiger partial charge in [-0.15, -0.1) is 0 Å². The molecule has 1 aromatic heterocycles. The van der Waals surface area contributed by atoms with Gasteiger partial charge in [-0.25, -0.2) is 0 Å². The van der Waals surface area contributed by atoms with Crippen LogP contribution in [0, 0.1) is 0 Å². The molecular weight excluding hydrogens is 318 g/mol. The van der Waals surface area contributed by atoms with E-state index in [2.05, 4.69) is 45.4 Å². The molecule has 0 saturated carbocycles. The Hall–Kier alpha value is -1.33. The number of ether oxygens (including phenoxy) is 1. The summed E-state index contributed by atoms with van der Waals surface area (Å²) < 4.78 is 8.81. The summed E-state index contributed by atoms with van der Waals surface area (Å²) in [6.45, 7) is 3.44. The highest BCUT2D eigenvalue weighted by Gasteiger charge is 2.12. The van der Waals surface area contributed by atoms with E-state index in [1.54, 1.807) is 0 Å². The number of rotatable bonds is 6. The smallest absolute Gasteiger partial charge is 0.131 e. The van der Waals surface area contributed by atoms with Crippen molar-refractivity contribution in [2.24, 2.45) is 7.05 Å². The van der Waals surface area contributed by atoms with Crippen molar-refractivity contribution in [2.45, 2.75) is 26.5 Å². The number of nitrogens with zero attached hydrogens (tertiary/aromatic N) is 2. The largest absolute Gasteiger partial charge is 0.487 e. The van der Waals surface area contributed by atoms with Crippen LogP contribution in [0.1, 0.15) is 23.9 Å². The van der Waals surface area contributed by atoms with E-state index in [-0.39, 0.29) is 0 Å². The second-order valence-corrected chi connectivity index (χ2v) is 5.44. The number of halogens is 1. The fourth-order valence-electron chi connectivity index (χ4n) is 2.08. The Morgan fingerprint density at radius 2 is 2.20 bits per heavy atom. The maximum atomic E-state index is 5.88. The summed E-state index contributed by atoms with van der Waals surface area (Å²) in [7, 11) is 3.88. The highest BCUT2D eigenvalue weighted by Crippen LogP contribution is 2.23. The van der Waals surface area contributed by atoms with Crippen LogP contribution in [0.4, 0.5) is 0 Å². The van der Waals surface area contributed by atoms with Gasteiger partial charge in [0.2, 0.25) is 0 Å². The van der Waals surface area contributed by atoms with Crippen LogP contribution in [0.5, 0.6) is 5.75 Å². The summed E-state index contributed by atoms with van der Waals surface area (Å²) in [5, 5.41) is 7.60. The zero-order valence-corrected chi connectivity index (χ0v) is 13.7. The Kier molecular flexibility index (Phi) is 5.20.